The summed E-state index contributed by atoms with van der Waals surface area (Å²) in [6.45, 7) is 1.97. The van der Waals surface area contributed by atoms with Gasteiger partial charge in [0.05, 0.1) is 4.90 Å². The predicted molar refractivity (Wildman–Crippen MR) is 109 cm³/mol. The third-order valence-corrected chi connectivity index (χ3v) is 6.77. The lowest BCUT2D eigenvalue weighted by atomic mass is 10.0. The van der Waals surface area contributed by atoms with Gasteiger partial charge in [-0.25, -0.2) is 13.2 Å². The molecule has 3 rings (SSSR count). The van der Waals surface area contributed by atoms with Gasteiger partial charge in [0.1, 0.15) is 5.75 Å². The standard InChI is InChI=1S/C20H22F3N3O5S/c1-14-2-8-17(9-3-14)32(28,29)26-12-10-19(24,11-13-26)31-18(27)25-15-4-6-16(7-5-15)30-20(21,22)23/h2-9H,10-13,24H2,1H3,(H,25,27). The first-order valence-corrected chi connectivity index (χ1v) is 11.0. The Morgan fingerprint density at radius 3 is 2.16 bits per heavy atom. The molecule has 0 atom stereocenters. The SMILES string of the molecule is Cc1ccc(S(=O)(=O)N2CCC(N)(OC(=O)Nc3ccc(OC(F)(F)F)cc3)CC2)cc1. The van der Waals surface area contributed by atoms with E-state index in [4.69, 9.17) is 10.5 Å². The van der Waals surface area contributed by atoms with Crippen LogP contribution in [0, 0.1) is 6.92 Å². The monoisotopic (exact) mass is 473 g/mol. The van der Waals surface area contributed by atoms with Crippen molar-refractivity contribution in [3.8, 4) is 5.75 Å². The second-order valence-electron chi connectivity index (χ2n) is 7.37. The number of anilines is 1. The fourth-order valence-corrected chi connectivity index (χ4v) is 4.58. The normalized spacial score (nSPS) is 16.9. The van der Waals surface area contributed by atoms with Crippen LogP contribution in [0.2, 0.25) is 0 Å². The van der Waals surface area contributed by atoms with Gasteiger partial charge in [-0.15, -0.1) is 13.2 Å². The number of nitrogens with one attached hydrogen (secondary N) is 1. The van der Waals surface area contributed by atoms with Crippen LogP contribution in [0.1, 0.15) is 18.4 Å². The fourth-order valence-electron chi connectivity index (χ4n) is 3.13. The van der Waals surface area contributed by atoms with E-state index in [9.17, 15) is 26.4 Å². The van der Waals surface area contributed by atoms with Crippen LogP contribution in [-0.2, 0) is 14.8 Å². The van der Waals surface area contributed by atoms with Gasteiger partial charge in [0.25, 0.3) is 0 Å². The molecule has 0 aliphatic carbocycles. The number of carbonyl (C=O) groups excluding carboxylic acids is 1. The first-order chi connectivity index (χ1) is 14.9. The third-order valence-electron chi connectivity index (χ3n) is 4.86. The van der Waals surface area contributed by atoms with E-state index in [0.717, 1.165) is 17.7 Å². The largest absolute Gasteiger partial charge is 0.573 e. The Hall–Kier alpha value is -2.83. The van der Waals surface area contributed by atoms with Gasteiger partial charge in [-0.3, -0.25) is 11.1 Å². The zero-order valence-electron chi connectivity index (χ0n) is 17.1. The molecule has 0 bridgehead atoms. The van der Waals surface area contributed by atoms with Crippen LogP contribution >= 0.6 is 0 Å². The molecule has 12 heteroatoms. The number of sulfonamides is 1. The Labute approximate surface area is 183 Å². The number of aryl methyl sites for hydroxylation is 1. The third kappa shape index (κ3) is 6.11. The number of ether oxygens (including phenoxy) is 2. The van der Waals surface area contributed by atoms with Crippen LogP contribution in [0.15, 0.2) is 53.4 Å². The van der Waals surface area contributed by atoms with Gasteiger partial charge >= 0.3 is 12.5 Å². The number of carbonyl (C=O) groups is 1. The number of halogens is 3. The Morgan fingerprint density at radius 1 is 1.06 bits per heavy atom. The van der Waals surface area contributed by atoms with E-state index in [1.807, 2.05) is 6.92 Å². The first-order valence-electron chi connectivity index (χ1n) is 9.58. The molecule has 0 saturated carbocycles. The summed E-state index contributed by atoms with van der Waals surface area (Å²) in [5.41, 5.74) is 5.84. The smallest absolute Gasteiger partial charge is 0.428 e. The molecule has 0 unspecified atom stereocenters. The number of alkyl halides is 3. The summed E-state index contributed by atoms with van der Waals surface area (Å²) in [7, 11) is -3.69. The molecule has 0 radical (unpaired) electrons. The van der Waals surface area contributed by atoms with Gasteiger partial charge in [-0.05, 0) is 43.3 Å². The molecular formula is C20H22F3N3O5S. The van der Waals surface area contributed by atoms with Crippen molar-refractivity contribution in [3.05, 3.63) is 54.1 Å². The van der Waals surface area contributed by atoms with Crippen molar-refractivity contribution in [2.24, 2.45) is 5.73 Å². The molecule has 1 aliphatic heterocycles. The Bertz CT molecular complexity index is 1050. The molecule has 1 aliphatic rings. The number of hydrogen-bond acceptors (Lipinski definition) is 6. The Morgan fingerprint density at radius 2 is 1.62 bits per heavy atom. The maximum atomic E-state index is 12.8. The summed E-state index contributed by atoms with van der Waals surface area (Å²) in [6, 6.07) is 11.0. The minimum Gasteiger partial charge on any atom is -0.428 e. The van der Waals surface area contributed by atoms with Crippen LogP contribution in [-0.4, -0.2) is 44.0 Å². The molecule has 2 aromatic carbocycles. The van der Waals surface area contributed by atoms with Crippen molar-refractivity contribution in [1.82, 2.24) is 4.31 Å². The van der Waals surface area contributed by atoms with Gasteiger partial charge in [0.2, 0.25) is 10.0 Å². The highest BCUT2D eigenvalue weighted by molar-refractivity contribution is 7.89. The van der Waals surface area contributed by atoms with Crippen molar-refractivity contribution < 1.29 is 35.9 Å². The minimum absolute atomic E-state index is 0.0590. The minimum atomic E-state index is -4.82. The molecule has 1 heterocycles. The summed E-state index contributed by atoms with van der Waals surface area (Å²) < 4.78 is 72.5. The number of hydrogen-bond donors (Lipinski definition) is 2. The van der Waals surface area contributed by atoms with Gasteiger partial charge in [0, 0.05) is 31.6 Å². The van der Waals surface area contributed by atoms with E-state index in [1.54, 1.807) is 12.1 Å². The van der Waals surface area contributed by atoms with E-state index < -0.39 is 34.0 Å². The second kappa shape index (κ2) is 8.96. The molecule has 1 amide bonds. The number of nitrogens with two attached hydrogens (primary N) is 1. The molecule has 3 N–H and O–H groups in total. The highest BCUT2D eigenvalue weighted by Crippen LogP contribution is 2.27. The molecule has 0 spiro atoms. The molecule has 2 aromatic rings. The average Bonchev–Trinajstić information content (AvgIpc) is 2.68. The Balaban J connectivity index is 1.55. The zero-order chi connectivity index (χ0) is 23.6. The summed E-state index contributed by atoms with van der Waals surface area (Å²) in [5.74, 6) is -0.436. The quantitative estimate of drug-likeness (QED) is 0.643. The van der Waals surface area contributed by atoms with Gasteiger partial charge in [-0.2, -0.15) is 4.31 Å². The van der Waals surface area contributed by atoms with E-state index >= 15 is 0 Å². The molecule has 32 heavy (non-hydrogen) atoms. The zero-order valence-corrected chi connectivity index (χ0v) is 17.9. The number of benzene rings is 2. The Kier molecular flexibility index (Phi) is 6.67. The summed E-state index contributed by atoms with van der Waals surface area (Å²) in [5, 5.41) is 2.37. The lowest BCUT2D eigenvalue weighted by molar-refractivity contribution is -0.274. The van der Waals surface area contributed by atoms with Crippen molar-refractivity contribution in [3.63, 3.8) is 0 Å². The van der Waals surface area contributed by atoms with Crippen LogP contribution in [0.5, 0.6) is 5.75 Å². The van der Waals surface area contributed by atoms with Crippen molar-refractivity contribution in [1.29, 1.82) is 0 Å². The molecular weight excluding hydrogens is 451 g/mol. The van der Waals surface area contributed by atoms with E-state index in [2.05, 4.69) is 10.1 Å². The maximum Gasteiger partial charge on any atom is 0.573 e. The van der Waals surface area contributed by atoms with E-state index in [1.165, 1.54) is 28.6 Å². The lowest BCUT2D eigenvalue weighted by Gasteiger charge is -2.37. The van der Waals surface area contributed by atoms with Crippen LogP contribution < -0.4 is 15.8 Å². The second-order valence-corrected chi connectivity index (χ2v) is 9.31. The molecule has 174 valence electrons. The van der Waals surface area contributed by atoms with Gasteiger partial charge < -0.3 is 9.47 Å². The van der Waals surface area contributed by atoms with Crippen molar-refractivity contribution >= 4 is 21.8 Å². The number of amides is 1. The lowest BCUT2D eigenvalue weighted by Crippen LogP contribution is -2.54. The first kappa shape index (κ1) is 23.8. The fraction of sp³-hybridized carbons (Fsp3) is 0.350. The highest BCUT2D eigenvalue weighted by Gasteiger charge is 2.38. The van der Waals surface area contributed by atoms with Crippen LogP contribution in [0.25, 0.3) is 0 Å². The number of nitrogens with zero attached hydrogens (tertiary/aromatic N) is 1. The summed E-state index contributed by atoms with van der Waals surface area (Å²) in [6.07, 6.45) is -5.58. The number of rotatable bonds is 5. The topological polar surface area (TPSA) is 111 Å². The highest BCUT2D eigenvalue weighted by atomic mass is 32.2. The van der Waals surface area contributed by atoms with Crippen molar-refractivity contribution in [2.75, 3.05) is 18.4 Å². The summed E-state index contributed by atoms with van der Waals surface area (Å²) in [4.78, 5) is 12.3. The van der Waals surface area contributed by atoms with E-state index in [0.29, 0.717) is 0 Å². The van der Waals surface area contributed by atoms with Crippen molar-refractivity contribution in [2.45, 2.75) is 36.7 Å². The van der Waals surface area contributed by atoms with Crippen LogP contribution in [0.4, 0.5) is 23.7 Å². The van der Waals surface area contributed by atoms with E-state index in [-0.39, 0.29) is 36.5 Å². The van der Waals surface area contributed by atoms with Crippen LogP contribution in [0.3, 0.4) is 0 Å². The predicted octanol–water partition coefficient (Wildman–Crippen LogP) is 3.58. The van der Waals surface area contributed by atoms with Gasteiger partial charge in [-0.1, -0.05) is 17.7 Å². The molecule has 0 aromatic heterocycles. The maximum absolute atomic E-state index is 12.8. The molecule has 1 saturated heterocycles. The molecule has 8 nitrogen and oxygen atoms in total. The average molecular weight is 473 g/mol. The number of piperidine rings is 1. The summed E-state index contributed by atoms with van der Waals surface area (Å²) >= 11 is 0. The van der Waals surface area contributed by atoms with Gasteiger partial charge in [0.15, 0.2) is 5.72 Å². The molecule has 1 fully saturated rings.